The van der Waals surface area contributed by atoms with E-state index in [1.165, 1.54) is 0 Å². The average molecular weight is 417 g/mol. The van der Waals surface area contributed by atoms with Crippen LogP contribution in [0, 0.1) is 6.92 Å². The Morgan fingerprint density at radius 2 is 1.73 bits per heavy atom. The molecule has 3 aromatic carbocycles. The molecule has 0 bridgehead atoms. The van der Waals surface area contributed by atoms with Crippen molar-refractivity contribution < 1.29 is 9.53 Å². The summed E-state index contributed by atoms with van der Waals surface area (Å²) in [5.41, 5.74) is 4.44. The standard InChI is InChI=1S/C22H19N5O2S/c1-14-5-3-4-6-18(14)21(28)24-22(30)23-15-7-12-19-20(13-15)26-27(25-19)16-8-10-17(29-2)11-9-16/h3-13H,1-2H3,(H2,23,24,28,30). The summed E-state index contributed by atoms with van der Waals surface area (Å²) in [5, 5.41) is 15.0. The van der Waals surface area contributed by atoms with Crippen LogP contribution in [0.1, 0.15) is 15.9 Å². The number of methoxy groups -OCH3 is 1. The van der Waals surface area contributed by atoms with E-state index in [2.05, 4.69) is 20.8 Å². The maximum atomic E-state index is 12.4. The molecule has 150 valence electrons. The summed E-state index contributed by atoms with van der Waals surface area (Å²) >= 11 is 5.29. The van der Waals surface area contributed by atoms with E-state index >= 15 is 0 Å². The van der Waals surface area contributed by atoms with Gasteiger partial charge in [0.05, 0.1) is 12.8 Å². The van der Waals surface area contributed by atoms with Crippen LogP contribution in [0.15, 0.2) is 66.7 Å². The monoisotopic (exact) mass is 417 g/mol. The summed E-state index contributed by atoms with van der Waals surface area (Å²) in [5.74, 6) is 0.514. The topological polar surface area (TPSA) is 81.1 Å². The minimum Gasteiger partial charge on any atom is -0.497 e. The second-order valence-electron chi connectivity index (χ2n) is 6.61. The molecule has 0 saturated carbocycles. The number of hydrogen-bond donors (Lipinski definition) is 2. The summed E-state index contributed by atoms with van der Waals surface area (Å²) in [6.07, 6.45) is 0. The Labute approximate surface area is 178 Å². The number of hydrogen-bond acceptors (Lipinski definition) is 5. The number of amides is 1. The van der Waals surface area contributed by atoms with Gasteiger partial charge >= 0.3 is 0 Å². The zero-order chi connectivity index (χ0) is 21.1. The number of aryl methyl sites for hydroxylation is 1. The van der Waals surface area contributed by atoms with Crippen molar-refractivity contribution in [3.05, 3.63) is 77.9 Å². The fraction of sp³-hybridized carbons (Fsp3) is 0.0909. The van der Waals surface area contributed by atoms with Crippen LogP contribution < -0.4 is 15.4 Å². The molecule has 0 fully saturated rings. The molecular formula is C22H19N5O2S. The Balaban J connectivity index is 1.48. The molecule has 8 heteroatoms. The molecule has 0 saturated heterocycles. The van der Waals surface area contributed by atoms with Crippen LogP contribution in [0.5, 0.6) is 5.75 Å². The van der Waals surface area contributed by atoms with Crippen molar-refractivity contribution in [3.8, 4) is 11.4 Å². The second kappa shape index (κ2) is 8.30. The van der Waals surface area contributed by atoms with Crippen LogP contribution in [-0.4, -0.2) is 33.1 Å². The highest BCUT2D eigenvalue weighted by Gasteiger charge is 2.11. The fourth-order valence-corrected chi connectivity index (χ4v) is 3.19. The van der Waals surface area contributed by atoms with Gasteiger partial charge in [-0.1, -0.05) is 18.2 Å². The molecule has 30 heavy (non-hydrogen) atoms. The summed E-state index contributed by atoms with van der Waals surface area (Å²) in [7, 11) is 1.62. The normalized spacial score (nSPS) is 10.6. The number of rotatable bonds is 4. The van der Waals surface area contributed by atoms with Crippen molar-refractivity contribution >= 4 is 40.0 Å². The molecule has 4 rings (SSSR count). The van der Waals surface area contributed by atoms with E-state index < -0.39 is 0 Å². The molecule has 0 radical (unpaired) electrons. The first-order valence-electron chi connectivity index (χ1n) is 9.23. The van der Waals surface area contributed by atoms with E-state index in [0.29, 0.717) is 16.8 Å². The number of aromatic nitrogens is 3. The van der Waals surface area contributed by atoms with Gasteiger partial charge in [0.15, 0.2) is 5.11 Å². The number of nitrogens with one attached hydrogen (secondary N) is 2. The zero-order valence-corrected chi connectivity index (χ0v) is 17.2. The van der Waals surface area contributed by atoms with E-state index in [-0.39, 0.29) is 11.0 Å². The molecule has 2 N–H and O–H groups in total. The van der Waals surface area contributed by atoms with E-state index in [9.17, 15) is 4.79 Å². The third kappa shape index (κ3) is 4.13. The molecule has 1 amide bonds. The van der Waals surface area contributed by atoms with Gasteiger partial charge in [-0.05, 0) is 73.2 Å². The van der Waals surface area contributed by atoms with Crippen LogP contribution in [0.25, 0.3) is 16.7 Å². The largest absolute Gasteiger partial charge is 0.497 e. The van der Waals surface area contributed by atoms with Gasteiger partial charge in [0.2, 0.25) is 0 Å². The molecule has 0 atom stereocenters. The molecule has 0 aliphatic heterocycles. The van der Waals surface area contributed by atoms with Crippen molar-refractivity contribution in [1.29, 1.82) is 0 Å². The Morgan fingerprint density at radius 1 is 1.00 bits per heavy atom. The van der Waals surface area contributed by atoms with E-state index in [1.54, 1.807) is 18.0 Å². The number of carbonyl (C=O) groups is 1. The van der Waals surface area contributed by atoms with Gasteiger partial charge in [-0.3, -0.25) is 10.1 Å². The lowest BCUT2D eigenvalue weighted by atomic mass is 10.1. The SMILES string of the molecule is COc1ccc(-n2nc3ccc(NC(=S)NC(=O)c4ccccc4C)cc3n2)cc1. The summed E-state index contributed by atoms with van der Waals surface area (Å²) in [4.78, 5) is 14.0. The van der Waals surface area contributed by atoms with Gasteiger partial charge in [0.1, 0.15) is 16.8 Å². The van der Waals surface area contributed by atoms with Crippen LogP contribution in [0.3, 0.4) is 0 Å². The third-order valence-corrected chi connectivity index (χ3v) is 4.76. The Bertz CT molecular complexity index is 1230. The number of carbonyl (C=O) groups excluding carboxylic acids is 1. The van der Waals surface area contributed by atoms with E-state index in [4.69, 9.17) is 17.0 Å². The first-order chi connectivity index (χ1) is 14.5. The average Bonchev–Trinajstić information content (AvgIpc) is 3.17. The quantitative estimate of drug-likeness (QED) is 0.491. The number of fused-ring (bicyclic) bond motifs is 1. The molecule has 1 aromatic heterocycles. The highest BCUT2D eigenvalue weighted by molar-refractivity contribution is 7.80. The van der Waals surface area contributed by atoms with Gasteiger partial charge in [-0.15, -0.1) is 10.2 Å². The Morgan fingerprint density at radius 3 is 2.47 bits per heavy atom. The molecule has 0 unspecified atom stereocenters. The minimum absolute atomic E-state index is 0.213. The van der Waals surface area contributed by atoms with Gasteiger partial charge in [-0.25, -0.2) is 0 Å². The lowest BCUT2D eigenvalue weighted by Crippen LogP contribution is -2.34. The lowest BCUT2D eigenvalue weighted by molar-refractivity contribution is 0.0977. The summed E-state index contributed by atoms with van der Waals surface area (Å²) in [6, 6.07) is 20.3. The van der Waals surface area contributed by atoms with Crippen molar-refractivity contribution in [2.75, 3.05) is 12.4 Å². The first kappa shape index (κ1) is 19.5. The van der Waals surface area contributed by atoms with Crippen molar-refractivity contribution in [2.24, 2.45) is 0 Å². The number of benzene rings is 3. The minimum atomic E-state index is -0.253. The molecule has 7 nitrogen and oxygen atoms in total. The number of nitrogens with zero attached hydrogens (tertiary/aromatic N) is 3. The van der Waals surface area contributed by atoms with Crippen molar-refractivity contribution in [3.63, 3.8) is 0 Å². The van der Waals surface area contributed by atoms with E-state index in [0.717, 1.165) is 22.5 Å². The maximum absolute atomic E-state index is 12.4. The van der Waals surface area contributed by atoms with Crippen molar-refractivity contribution in [1.82, 2.24) is 20.3 Å². The third-order valence-electron chi connectivity index (χ3n) is 4.56. The Kier molecular flexibility index (Phi) is 5.40. The van der Waals surface area contributed by atoms with E-state index in [1.807, 2.05) is 67.6 Å². The molecular weight excluding hydrogens is 398 g/mol. The van der Waals surface area contributed by atoms with Gasteiger partial charge in [0, 0.05) is 11.3 Å². The predicted molar refractivity (Wildman–Crippen MR) is 120 cm³/mol. The Hall–Kier alpha value is -3.78. The number of anilines is 1. The van der Waals surface area contributed by atoms with Gasteiger partial charge in [0.25, 0.3) is 5.91 Å². The zero-order valence-electron chi connectivity index (χ0n) is 16.4. The van der Waals surface area contributed by atoms with Crippen LogP contribution in [-0.2, 0) is 0 Å². The van der Waals surface area contributed by atoms with Gasteiger partial charge < -0.3 is 10.1 Å². The van der Waals surface area contributed by atoms with Gasteiger partial charge in [-0.2, -0.15) is 4.80 Å². The molecule has 1 heterocycles. The van der Waals surface area contributed by atoms with Crippen molar-refractivity contribution in [2.45, 2.75) is 6.92 Å². The number of ether oxygens (including phenoxy) is 1. The first-order valence-corrected chi connectivity index (χ1v) is 9.64. The molecule has 4 aromatic rings. The highest BCUT2D eigenvalue weighted by atomic mass is 32.1. The second-order valence-corrected chi connectivity index (χ2v) is 7.02. The summed E-state index contributed by atoms with van der Waals surface area (Å²) < 4.78 is 5.18. The van der Waals surface area contributed by atoms with Crippen LogP contribution in [0.2, 0.25) is 0 Å². The fourth-order valence-electron chi connectivity index (χ4n) is 2.98. The molecule has 0 aliphatic rings. The summed E-state index contributed by atoms with van der Waals surface area (Å²) in [6.45, 7) is 1.88. The lowest BCUT2D eigenvalue weighted by Gasteiger charge is -2.10. The maximum Gasteiger partial charge on any atom is 0.257 e. The predicted octanol–water partition coefficient (Wildman–Crippen LogP) is 3.86. The smallest absolute Gasteiger partial charge is 0.257 e. The molecule has 0 aliphatic carbocycles. The molecule has 0 spiro atoms. The van der Waals surface area contributed by atoms with Crippen LogP contribution >= 0.6 is 12.2 Å². The highest BCUT2D eigenvalue weighted by Crippen LogP contribution is 2.19. The van der Waals surface area contributed by atoms with Crippen LogP contribution in [0.4, 0.5) is 5.69 Å². The number of thiocarbonyl (C=S) groups is 1.